The second kappa shape index (κ2) is 23.1. The highest BCUT2D eigenvalue weighted by Gasteiger charge is 2.59. The van der Waals surface area contributed by atoms with Gasteiger partial charge in [0.25, 0.3) is 5.79 Å². The first-order chi connectivity index (χ1) is 31.4. The van der Waals surface area contributed by atoms with Crippen molar-refractivity contribution < 1.29 is 139 Å². The van der Waals surface area contributed by atoms with Crippen LogP contribution in [-0.2, 0) is 57.0 Å². The average Bonchev–Trinajstić information content (AvgIpc) is 3.28. The molecule has 0 aromatic heterocycles. The Hall–Kier alpha value is -2.55. The van der Waals surface area contributed by atoms with Crippen LogP contribution in [-0.4, -0.2) is 285 Å². The first-order valence-electron chi connectivity index (χ1n) is 21.1. The molecule has 0 radical (unpaired) electrons. The molecule has 5 fully saturated rings. The standard InChI is InChI=1S/C37H62N2O28/c1-9-19(47)24(52)26(54)33(60-9)66-31-30(65-34-27(55)25(53)21(49)14(6-41)62-34)22(50)15(7-42)63-35(31)64-28-18(39-11(3)44)32(56)61-16(23(28)51)8-59-37(36(57)58)4-12(45)17(38-10(2)43)29(67-37)20(48)13(46)5-40/h9,12-35,40-42,45-56H,4-8H2,1-3H3,(H,38,43)(H,39,44)(H,57,58)/t9-,12-,13+,14+,15+,16+,17+,18+,19+,20+,21-,22-,23-,24+,25-,26-,27+,28+,29+,30-,31+,32?,33-,34-,35-,37+/m0/s1. The SMILES string of the molecule is CC(=O)N[C@H]1[C@H]([C@H](O)[C@H](O)CO)O[C@@](OC[C@H]2OC(O)[C@H](NC(C)=O)[C@@H](O[C@@H]3O[C@H](CO)[C@H](O)[C@H](O[C@@H]4O[C@H](CO)[C@H](O)[C@H](O)[C@H]4O)[C@H]3O[C@@H]3O[C@@H](C)[C@@H](O)[C@@H](O)[C@@H]3O)[C@H]2O)(C(=O)O)C[C@@H]1O. The summed E-state index contributed by atoms with van der Waals surface area (Å²) in [5, 5.41) is 175. The van der Waals surface area contributed by atoms with Crippen molar-refractivity contribution in [3.8, 4) is 0 Å². The second-order valence-corrected chi connectivity index (χ2v) is 16.9. The van der Waals surface area contributed by atoms with E-state index in [1.807, 2.05) is 0 Å². The maximum absolute atomic E-state index is 12.8. The van der Waals surface area contributed by atoms with Crippen LogP contribution in [0.25, 0.3) is 0 Å². The molecule has 5 aliphatic rings. The number of hydrogen-bond acceptors (Lipinski definition) is 27. The molecule has 2 amide bonds. The van der Waals surface area contributed by atoms with Gasteiger partial charge in [0.05, 0.1) is 44.7 Å². The molecule has 1 unspecified atom stereocenters. The summed E-state index contributed by atoms with van der Waals surface area (Å²) in [6.07, 6.45) is -46.1. The third-order valence-corrected chi connectivity index (χ3v) is 12.1. The van der Waals surface area contributed by atoms with E-state index in [0.29, 0.717) is 0 Å². The van der Waals surface area contributed by atoms with E-state index in [1.165, 1.54) is 6.92 Å². The summed E-state index contributed by atoms with van der Waals surface area (Å²) in [5.41, 5.74) is 0. The van der Waals surface area contributed by atoms with Gasteiger partial charge in [-0.3, -0.25) is 9.59 Å². The van der Waals surface area contributed by atoms with E-state index in [0.717, 1.165) is 13.8 Å². The predicted octanol–water partition coefficient (Wildman–Crippen LogP) is -11.4. The molecule has 0 aromatic rings. The Morgan fingerprint density at radius 2 is 1.13 bits per heavy atom. The fraction of sp³-hybridized carbons (Fsp3) is 0.919. The van der Waals surface area contributed by atoms with Gasteiger partial charge in [0.1, 0.15) is 110 Å². The molecule has 18 N–H and O–H groups in total. The molecule has 0 aromatic carbocycles. The van der Waals surface area contributed by atoms with Crippen LogP contribution in [0.15, 0.2) is 0 Å². The second-order valence-electron chi connectivity index (χ2n) is 16.9. The number of rotatable bonds is 17. The number of ether oxygens (including phenoxy) is 9. The van der Waals surface area contributed by atoms with Gasteiger partial charge in [-0.2, -0.15) is 0 Å². The van der Waals surface area contributed by atoms with Gasteiger partial charge >= 0.3 is 5.97 Å². The van der Waals surface area contributed by atoms with Crippen molar-refractivity contribution in [2.24, 2.45) is 0 Å². The van der Waals surface area contributed by atoms with Crippen molar-refractivity contribution in [3.05, 3.63) is 0 Å². The zero-order valence-corrected chi connectivity index (χ0v) is 36.0. The van der Waals surface area contributed by atoms with Crippen molar-refractivity contribution in [1.29, 1.82) is 0 Å². The maximum atomic E-state index is 12.8. The van der Waals surface area contributed by atoms with E-state index in [2.05, 4.69) is 10.6 Å². The fourth-order valence-electron chi connectivity index (χ4n) is 8.34. The Labute approximate surface area is 379 Å². The Kier molecular flexibility index (Phi) is 19.1. The number of carbonyl (C=O) groups excluding carboxylic acids is 2. The number of amides is 2. The lowest BCUT2D eigenvalue weighted by Crippen LogP contribution is -2.70. The van der Waals surface area contributed by atoms with Crippen LogP contribution in [0.5, 0.6) is 0 Å². The fourth-order valence-corrected chi connectivity index (χ4v) is 8.34. The van der Waals surface area contributed by atoms with Gasteiger partial charge < -0.3 is 135 Å². The van der Waals surface area contributed by atoms with E-state index in [-0.39, 0.29) is 0 Å². The van der Waals surface area contributed by atoms with Crippen molar-refractivity contribution in [1.82, 2.24) is 10.6 Å². The number of aliphatic hydroxyl groups excluding tert-OH is 15. The van der Waals surface area contributed by atoms with Gasteiger partial charge in [0.15, 0.2) is 25.2 Å². The molecule has 26 atom stereocenters. The quantitative estimate of drug-likeness (QED) is 0.0643. The Bertz CT molecular complexity index is 1640. The molecule has 0 bridgehead atoms. The van der Waals surface area contributed by atoms with Crippen LogP contribution < -0.4 is 10.6 Å². The topological polar surface area (TPSA) is 482 Å². The summed E-state index contributed by atoms with van der Waals surface area (Å²) in [6, 6.07) is -3.40. The first kappa shape index (κ1) is 55.4. The van der Waals surface area contributed by atoms with E-state index in [4.69, 9.17) is 42.6 Å². The van der Waals surface area contributed by atoms with E-state index < -0.39 is 210 Å². The number of carboxylic acids is 1. The molecule has 0 spiro atoms. The van der Waals surface area contributed by atoms with Crippen molar-refractivity contribution in [2.75, 3.05) is 26.4 Å². The zero-order valence-electron chi connectivity index (χ0n) is 36.0. The number of aliphatic hydroxyl groups is 15. The monoisotopic (exact) mass is 982 g/mol. The summed E-state index contributed by atoms with van der Waals surface area (Å²) in [6.45, 7) is -0.928. The molecule has 0 aliphatic carbocycles. The number of hydrogen-bond donors (Lipinski definition) is 18. The summed E-state index contributed by atoms with van der Waals surface area (Å²) < 4.78 is 51.5. The van der Waals surface area contributed by atoms with Crippen LogP contribution in [0.2, 0.25) is 0 Å². The lowest BCUT2D eigenvalue weighted by Gasteiger charge is -2.51. The third-order valence-electron chi connectivity index (χ3n) is 12.1. The van der Waals surface area contributed by atoms with Gasteiger partial charge in [0.2, 0.25) is 11.8 Å². The summed E-state index contributed by atoms with van der Waals surface area (Å²) in [5.74, 6) is -6.61. The van der Waals surface area contributed by atoms with Crippen LogP contribution in [0.4, 0.5) is 0 Å². The maximum Gasteiger partial charge on any atom is 0.364 e. The summed E-state index contributed by atoms with van der Waals surface area (Å²) in [7, 11) is 0. The minimum absolute atomic E-state index is 0.783. The van der Waals surface area contributed by atoms with Crippen molar-refractivity contribution in [2.45, 2.75) is 186 Å². The van der Waals surface area contributed by atoms with Crippen molar-refractivity contribution >= 4 is 17.8 Å². The number of nitrogens with one attached hydrogen (secondary N) is 2. The Balaban J connectivity index is 1.50. The van der Waals surface area contributed by atoms with Crippen molar-refractivity contribution in [3.63, 3.8) is 0 Å². The van der Waals surface area contributed by atoms with Gasteiger partial charge in [-0.05, 0) is 6.92 Å². The molecule has 67 heavy (non-hydrogen) atoms. The lowest BCUT2D eigenvalue weighted by atomic mass is 9.88. The Morgan fingerprint density at radius 1 is 0.627 bits per heavy atom. The molecule has 5 saturated heterocycles. The molecule has 5 rings (SSSR count). The largest absolute Gasteiger partial charge is 0.477 e. The zero-order chi connectivity index (χ0) is 50.0. The summed E-state index contributed by atoms with van der Waals surface area (Å²) in [4.78, 5) is 37.3. The van der Waals surface area contributed by atoms with Gasteiger partial charge in [-0.1, -0.05) is 0 Å². The van der Waals surface area contributed by atoms with E-state index in [1.54, 1.807) is 0 Å². The van der Waals surface area contributed by atoms with Gasteiger partial charge in [-0.15, -0.1) is 0 Å². The number of carboxylic acid groups (broad SMARTS) is 1. The smallest absolute Gasteiger partial charge is 0.364 e. The highest BCUT2D eigenvalue weighted by atomic mass is 16.8. The number of aliphatic carboxylic acids is 1. The normalized spacial score (nSPS) is 47.1. The van der Waals surface area contributed by atoms with Crippen LogP contribution in [0, 0.1) is 0 Å². The molecule has 30 nitrogen and oxygen atoms in total. The molecule has 30 heteroatoms. The molecule has 388 valence electrons. The molecular formula is C37H62N2O28. The van der Waals surface area contributed by atoms with Gasteiger partial charge in [-0.25, -0.2) is 4.79 Å². The molecule has 5 heterocycles. The summed E-state index contributed by atoms with van der Waals surface area (Å²) >= 11 is 0. The van der Waals surface area contributed by atoms with Crippen LogP contribution in [0.1, 0.15) is 27.2 Å². The molecule has 0 saturated carbocycles. The highest BCUT2D eigenvalue weighted by Crippen LogP contribution is 2.38. The lowest BCUT2D eigenvalue weighted by molar-refractivity contribution is -0.401. The minimum atomic E-state index is -2.99. The van der Waals surface area contributed by atoms with Crippen LogP contribution in [0.3, 0.4) is 0 Å². The van der Waals surface area contributed by atoms with E-state index >= 15 is 0 Å². The predicted molar refractivity (Wildman–Crippen MR) is 206 cm³/mol. The third kappa shape index (κ3) is 12.0. The Morgan fingerprint density at radius 3 is 1.70 bits per heavy atom. The van der Waals surface area contributed by atoms with Crippen LogP contribution >= 0.6 is 0 Å². The molecule has 5 aliphatic heterocycles. The minimum Gasteiger partial charge on any atom is -0.477 e. The highest BCUT2D eigenvalue weighted by molar-refractivity contribution is 5.76. The first-order valence-corrected chi connectivity index (χ1v) is 21.1. The number of carbonyl (C=O) groups is 3. The average molecular weight is 983 g/mol. The molecular weight excluding hydrogens is 920 g/mol. The van der Waals surface area contributed by atoms with E-state index in [9.17, 15) is 96.1 Å². The van der Waals surface area contributed by atoms with Gasteiger partial charge in [0, 0.05) is 20.3 Å².